The summed E-state index contributed by atoms with van der Waals surface area (Å²) >= 11 is 5.75. The predicted octanol–water partition coefficient (Wildman–Crippen LogP) is 2.21. The molecule has 1 fully saturated rings. The van der Waals surface area contributed by atoms with Gasteiger partial charge in [-0.3, -0.25) is 4.57 Å². The van der Waals surface area contributed by atoms with Gasteiger partial charge >= 0.3 is 0 Å². The van der Waals surface area contributed by atoms with E-state index >= 15 is 0 Å². The highest BCUT2D eigenvalue weighted by atomic mass is 35.5. The van der Waals surface area contributed by atoms with Crippen LogP contribution in [0.4, 0.5) is 10.2 Å². The molecule has 0 aliphatic carbocycles. The molecule has 2 N–H and O–H groups in total. The smallest absolute Gasteiger partial charge is 0.226 e. The first-order valence-electron chi connectivity index (χ1n) is 6.18. The third kappa shape index (κ3) is 3.28. The lowest BCUT2D eigenvalue weighted by Crippen LogP contribution is -2.16. The molecular weight excluding hydrogens is 309 g/mol. The number of aromatic nitrogens is 4. The number of hydrogen-bond acceptors (Lipinski definition) is 5. The zero-order chi connectivity index (χ0) is 16.9. The van der Waals surface area contributed by atoms with Gasteiger partial charge in [-0.1, -0.05) is 0 Å². The van der Waals surface area contributed by atoms with Crippen LogP contribution in [0.15, 0.2) is 6.33 Å². The van der Waals surface area contributed by atoms with Crippen LogP contribution in [0.1, 0.15) is 19.6 Å². The van der Waals surface area contributed by atoms with Gasteiger partial charge in [0.15, 0.2) is 17.7 Å². The number of anilines is 1. The monoisotopic (exact) mass is 323 g/mol. The molecule has 0 saturated carbocycles. The Kier molecular flexibility index (Phi) is 6.11. The molecule has 0 spiro atoms. The Labute approximate surface area is 132 Å². The van der Waals surface area contributed by atoms with Crippen molar-refractivity contribution in [3.63, 3.8) is 0 Å². The van der Waals surface area contributed by atoms with Crippen molar-refractivity contribution in [3.8, 4) is 25.7 Å². The van der Waals surface area contributed by atoms with E-state index < -0.39 is 12.4 Å². The number of nitrogen functional groups attached to an aromatic ring is 1. The second-order valence-electron chi connectivity index (χ2n) is 4.29. The number of rotatable bonds is 1. The third-order valence-electron chi connectivity index (χ3n) is 2.93. The van der Waals surface area contributed by atoms with Crippen LogP contribution in [-0.4, -0.2) is 31.8 Å². The minimum absolute atomic E-state index is 0.00297. The van der Waals surface area contributed by atoms with Gasteiger partial charge in [0.05, 0.1) is 12.4 Å². The summed E-state index contributed by atoms with van der Waals surface area (Å²) in [4.78, 5) is 11.9. The molecule has 0 radical (unpaired) electrons. The Morgan fingerprint density at radius 2 is 2.00 bits per heavy atom. The second kappa shape index (κ2) is 7.60. The van der Waals surface area contributed by atoms with Crippen LogP contribution in [0.5, 0.6) is 0 Å². The van der Waals surface area contributed by atoms with Gasteiger partial charge in [-0.2, -0.15) is 9.97 Å². The minimum Gasteiger partial charge on any atom is -0.382 e. The van der Waals surface area contributed by atoms with Crippen LogP contribution in [0.3, 0.4) is 0 Å². The largest absolute Gasteiger partial charge is 0.382 e. The molecular formula is C14H15ClFN5O. The van der Waals surface area contributed by atoms with E-state index in [2.05, 4.69) is 40.6 Å². The Morgan fingerprint density at radius 3 is 2.55 bits per heavy atom. The maximum absolute atomic E-state index is 13.8. The van der Waals surface area contributed by atoms with E-state index in [-0.39, 0.29) is 17.2 Å². The molecule has 2 aromatic rings. The van der Waals surface area contributed by atoms with Crippen molar-refractivity contribution in [2.24, 2.45) is 0 Å². The Hall–Kier alpha value is -2.35. The molecule has 6 nitrogen and oxygen atoms in total. The van der Waals surface area contributed by atoms with Crippen molar-refractivity contribution in [2.75, 3.05) is 5.73 Å². The maximum Gasteiger partial charge on any atom is 0.226 e. The van der Waals surface area contributed by atoms with Crippen LogP contribution < -0.4 is 5.73 Å². The van der Waals surface area contributed by atoms with Gasteiger partial charge in [-0.15, -0.1) is 25.7 Å². The average Bonchev–Trinajstić information content (AvgIpc) is 3.06. The molecule has 116 valence electrons. The lowest BCUT2D eigenvalue weighted by Gasteiger charge is -2.14. The lowest BCUT2D eigenvalue weighted by atomic mass is 10.2. The fourth-order valence-corrected chi connectivity index (χ4v) is 2.32. The zero-order valence-electron chi connectivity index (χ0n) is 11.9. The van der Waals surface area contributed by atoms with E-state index in [0.717, 1.165) is 0 Å². The van der Waals surface area contributed by atoms with Crippen molar-refractivity contribution >= 4 is 28.6 Å². The summed E-state index contributed by atoms with van der Waals surface area (Å²) in [6, 6.07) is 0. The maximum atomic E-state index is 13.8. The molecule has 1 aliphatic heterocycles. The third-order valence-corrected chi connectivity index (χ3v) is 3.10. The fourth-order valence-electron chi connectivity index (χ4n) is 2.15. The van der Waals surface area contributed by atoms with Gasteiger partial charge in [0.2, 0.25) is 5.28 Å². The summed E-state index contributed by atoms with van der Waals surface area (Å²) < 4.78 is 20.9. The van der Waals surface area contributed by atoms with E-state index in [1.807, 2.05) is 6.92 Å². The van der Waals surface area contributed by atoms with Gasteiger partial charge < -0.3 is 10.5 Å². The molecule has 8 heteroatoms. The fraction of sp³-hybridized carbons (Fsp3) is 0.357. The zero-order valence-corrected chi connectivity index (χ0v) is 12.6. The Morgan fingerprint density at radius 1 is 1.36 bits per heavy atom. The molecule has 1 aliphatic rings. The van der Waals surface area contributed by atoms with Crippen LogP contribution in [0, 0.1) is 25.7 Å². The Balaban J connectivity index is 0.000000561. The molecule has 22 heavy (non-hydrogen) atoms. The van der Waals surface area contributed by atoms with Gasteiger partial charge in [0.1, 0.15) is 11.7 Å². The van der Waals surface area contributed by atoms with Crippen molar-refractivity contribution in [1.29, 1.82) is 0 Å². The van der Waals surface area contributed by atoms with Gasteiger partial charge in [0.25, 0.3) is 0 Å². The van der Waals surface area contributed by atoms with E-state index in [0.29, 0.717) is 17.6 Å². The molecule has 3 heterocycles. The van der Waals surface area contributed by atoms with E-state index in [1.165, 1.54) is 10.9 Å². The first-order chi connectivity index (χ1) is 10.6. The Bertz CT molecular complexity index is 678. The molecule has 0 aromatic carbocycles. The van der Waals surface area contributed by atoms with Crippen molar-refractivity contribution < 1.29 is 9.13 Å². The van der Waals surface area contributed by atoms with Crippen LogP contribution >= 0.6 is 11.6 Å². The summed E-state index contributed by atoms with van der Waals surface area (Å²) in [5, 5.41) is 0.00297. The molecule has 2 aromatic heterocycles. The number of hydrogen-bond donors (Lipinski definition) is 1. The number of nitrogens with two attached hydrogens (primary N) is 1. The molecule has 3 atom stereocenters. The van der Waals surface area contributed by atoms with E-state index in [4.69, 9.17) is 22.1 Å². The average molecular weight is 324 g/mol. The second-order valence-corrected chi connectivity index (χ2v) is 4.63. The van der Waals surface area contributed by atoms with Crippen LogP contribution in [-0.2, 0) is 4.74 Å². The first-order valence-corrected chi connectivity index (χ1v) is 6.56. The van der Waals surface area contributed by atoms with Gasteiger partial charge in [-0.25, -0.2) is 9.37 Å². The van der Waals surface area contributed by atoms with E-state index in [9.17, 15) is 4.39 Å². The number of halogens is 2. The summed E-state index contributed by atoms with van der Waals surface area (Å²) in [6.07, 6.45) is 15.8. The first kappa shape index (κ1) is 17.7. The molecule has 0 bridgehead atoms. The van der Waals surface area contributed by atoms with Crippen molar-refractivity contribution in [3.05, 3.63) is 11.6 Å². The number of ether oxygens (including phenoxy) is 1. The quantitative estimate of drug-likeness (QED) is 0.643. The van der Waals surface area contributed by atoms with Gasteiger partial charge in [0, 0.05) is 6.42 Å². The SMILES string of the molecule is C#C.C#C.C[C@@H]1C[C@H](F)C(n2cnc3c(N)nc(Cl)nc32)O1. The topological polar surface area (TPSA) is 78.9 Å². The molecule has 1 saturated heterocycles. The summed E-state index contributed by atoms with van der Waals surface area (Å²) in [5.74, 6) is 0.171. The van der Waals surface area contributed by atoms with Crippen LogP contribution in [0.25, 0.3) is 11.2 Å². The molecule has 3 rings (SSSR count). The summed E-state index contributed by atoms with van der Waals surface area (Å²) in [6.45, 7) is 1.82. The van der Waals surface area contributed by atoms with E-state index in [1.54, 1.807) is 0 Å². The highest BCUT2D eigenvalue weighted by Gasteiger charge is 2.35. The number of terminal acetylenes is 2. The number of fused-ring (bicyclic) bond motifs is 1. The van der Waals surface area contributed by atoms with Crippen molar-refractivity contribution in [1.82, 2.24) is 19.5 Å². The lowest BCUT2D eigenvalue weighted by molar-refractivity contribution is -0.00935. The predicted molar refractivity (Wildman–Crippen MR) is 83.6 cm³/mol. The van der Waals surface area contributed by atoms with Crippen LogP contribution in [0.2, 0.25) is 5.28 Å². The highest BCUT2D eigenvalue weighted by molar-refractivity contribution is 6.28. The highest BCUT2D eigenvalue weighted by Crippen LogP contribution is 2.33. The molecule has 1 unspecified atom stereocenters. The summed E-state index contributed by atoms with van der Waals surface area (Å²) in [7, 11) is 0. The number of nitrogens with zero attached hydrogens (tertiary/aromatic N) is 4. The van der Waals surface area contributed by atoms with Crippen molar-refractivity contribution in [2.45, 2.75) is 31.8 Å². The summed E-state index contributed by atoms with van der Waals surface area (Å²) in [5.41, 5.74) is 6.47. The molecule has 0 amide bonds. The standard InChI is InChI=1S/C10H11ClFN5O.2C2H2/c1-4-2-5(12)9(18-4)17-3-14-6-7(13)15-10(11)16-8(6)17;2*1-2/h3-5,9H,2H2,1H3,(H2,13,15,16);2*1-2H/t4-,5+,9?;;/m1../s1. The van der Waals surface area contributed by atoms with Gasteiger partial charge in [-0.05, 0) is 18.5 Å². The normalized spacial score (nSPS) is 23.1. The number of alkyl halides is 1. The number of imidazole rings is 1. The minimum atomic E-state index is -1.10.